The lowest BCUT2D eigenvalue weighted by Gasteiger charge is -2.00. The van der Waals surface area contributed by atoms with Crippen molar-refractivity contribution in [3.8, 4) is 17.0 Å². The molecule has 0 aliphatic rings. The molecule has 2 rings (SSSR count). The molecule has 1 heterocycles. The van der Waals surface area contributed by atoms with Gasteiger partial charge in [-0.15, -0.1) is 0 Å². The van der Waals surface area contributed by atoms with E-state index in [1.165, 1.54) is 0 Å². The minimum absolute atomic E-state index is 0.224. The fraction of sp³-hybridized carbons (Fsp3) is 0.167. The van der Waals surface area contributed by atoms with Crippen molar-refractivity contribution in [2.75, 3.05) is 0 Å². The van der Waals surface area contributed by atoms with E-state index >= 15 is 0 Å². The Morgan fingerprint density at radius 2 is 1.94 bits per heavy atom. The summed E-state index contributed by atoms with van der Waals surface area (Å²) in [5.41, 5.74) is 8.80. The Balaban J connectivity index is 2.52. The van der Waals surface area contributed by atoms with E-state index in [0.717, 1.165) is 16.8 Å². The van der Waals surface area contributed by atoms with Crippen molar-refractivity contribution in [3.63, 3.8) is 0 Å². The summed E-state index contributed by atoms with van der Waals surface area (Å²) in [6.07, 6.45) is 0. The van der Waals surface area contributed by atoms with E-state index in [-0.39, 0.29) is 5.75 Å². The molecule has 0 amide bonds. The van der Waals surface area contributed by atoms with Crippen LogP contribution in [-0.2, 0) is 6.54 Å². The maximum Gasteiger partial charge on any atom is 0.145 e. The normalized spacial score (nSPS) is 10.7. The third-order valence-electron chi connectivity index (χ3n) is 2.62. The van der Waals surface area contributed by atoms with E-state index in [4.69, 9.17) is 17.3 Å². The number of aromatic hydroxyl groups is 1. The van der Waals surface area contributed by atoms with Crippen LogP contribution in [0.4, 0.5) is 0 Å². The number of aromatic nitrogens is 1. The van der Waals surface area contributed by atoms with Gasteiger partial charge in [0.05, 0.1) is 5.69 Å². The minimum Gasteiger partial charge on any atom is -0.505 e. The Labute approximate surface area is 98.9 Å². The van der Waals surface area contributed by atoms with Crippen molar-refractivity contribution in [1.82, 2.24) is 4.98 Å². The van der Waals surface area contributed by atoms with Crippen molar-refractivity contribution < 1.29 is 5.11 Å². The predicted molar refractivity (Wildman–Crippen MR) is 65.5 cm³/mol. The first kappa shape index (κ1) is 11.0. The zero-order valence-corrected chi connectivity index (χ0v) is 9.67. The molecular weight excluding hydrogens is 224 g/mol. The molecular formula is C12H13ClN2O. The summed E-state index contributed by atoms with van der Waals surface area (Å²) in [4.78, 5) is 3.13. The summed E-state index contributed by atoms with van der Waals surface area (Å²) >= 11 is 5.81. The van der Waals surface area contributed by atoms with Gasteiger partial charge in [-0.25, -0.2) is 0 Å². The third kappa shape index (κ3) is 1.79. The molecule has 1 aromatic heterocycles. The molecule has 0 spiro atoms. The molecule has 0 bridgehead atoms. The first-order valence-corrected chi connectivity index (χ1v) is 5.37. The second kappa shape index (κ2) is 4.20. The fourth-order valence-electron chi connectivity index (χ4n) is 1.73. The van der Waals surface area contributed by atoms with Gasteiger partial charge in [0.1, 0.15) is 5.75 Å². The van der Waals surface area contributed by atoms with Gasteiger partial charge in [-0.2, -0.15) is 0 Å². The SMILES string of the molecule is Cc1[nH]c(-c2ccc(Cl)cc2)c(O)c1CN. The molecule has 1 aromatic carbocycles. The molecule has 0 saturated carbocycles. The zero-order chi connectivity index (χ0) is 11.7. The van der Waals surface area contributed by atoms with Gasteiger partial charge in [0.25, 0.3) is 0 Å². The summed E-state index contributed by atoms with van der Waals surface area (Å²) in [6, 6.07) is 7.28. The average Bonchev–Trinajstić information content (AvgIpc) is 2.55. The summed E-state index contributed by atoms with van der Waals surface area (Å²) in [7, 11) is 0. The van der Waals surface area contributed by atoms with Crippen molar-refractivity contribution in [1.29, 1.82) is 0 Å². The van der Waals surface area contributed by atoms with Crippen LogP contribution in [-0.4, -0.2) is 10.1 Å². The van der Waals surface area contributed by atoms with E-state index in [9.17, 15) is 5.11 Å². The maximum absolute atomic E-state index is 9.99. The number of hydrogen-bond acceptors (Lipinski definition) is 2. The highest BCUT2D eigenvalue weighted by atomic mass is 35.5. The van der Waals surface area contributed by atoms with Gasteiger partial charge < -0.3 is 15.8 Å². The van der Waals surface area contributed by atoms with Gasteiger partial charge in [-0.1, -0.05) is 23.7 Å². The molecule has 0 fully saturated rings. The Hall–Kier alpha value is -1.45. The Kier molecular flexibility index (Phi) is 2.90. The highest BCUT2D eigenvalue weighted by Crippen LogP contribution is 2.33. The van der Waals surface area contributed by atoms with Gasteiger partial charge in [-0.05, 0) is 19.1 Å². The largest absolute Gasteiger partial charge is 0.505 e. The molecule has 0 atom stereocenters. The monoisotopic (exact) mass is 236 g/mol. The van der Waals surface area contributed by atoms with Crippen molar-refractivity contribution in [2.24, 2.45) is 5.73 Å². The molecule has 4 N–H and O–H groups in total. The lowest BCUT2D eigenvalue weighted by atomic mass is 10.1. The third-order valence-corrected chi connectivity index (χ3v) is 2.88. The van der Waals surface area contributed by atoms with Crippen molar-refractivity contribution >= 4 is 11.6 Å². The first-order valence-electron chi connectivity index (χ1n) is 5.00. The number of aromatic amines is 1. The van der Waals surface area contributed by atoms with Crippen LogP contribution in [0.2, 0.25) is 5.02 Å². The lowest BCUT2D eigenvalue weighted by Crippen LogP contribution is -1.96. The van der Waals surface area contributed by atoms with Crippen LogP contribution in [0.3, 0.4) is 0 Å². The molecule has 0 aliphatic carbocycles. The number of halogens is 1. The zero-order valence-electron chi connectivity index (χ0n) is 8.92. The summed E-state index contributed by atoms with van der Waals surface area (Å²) in [5, 5.41) is 10.7. The molecule has 4 heteroatoms. The number of hydrogen-bond donors (Lipinski definition) is 3. The van der Waals surface area contributed by atoms with E-state index < -0.39 is 0 Å². The standard InChI is InChI=1S/C12H13ClN2O/c1-7-10(6-14)12(16)11(15-7)8-2-4-9(13)5-3-8/h2-5,15-16H,6,14H2,1H3. The molecule has 84 valence electrons. The summed E-state index contributed by atoms with van der Waals surface area (Å²) < 4.78 is 0. The van der Waals surface area contributed by atoms with Crippen LogP contribution in [0.5, 0.6) is 5.75 Å². The lowest BCUT2D eigenvalue weighted by molar-refractivity contribution is 0.472. The number of H-pyrrole nitrogens is 1. The first-order chi connectivity index (χ1) is 7.63. The minimum atomic E-state index is 0.224. The van der Waals surface area contributed by atoms with Gasteiger partial charge in [0.2, 0.25) is 0 Å². The number of rotatable bonds is 2. The van der Waals surface area contributed by atoms with Crippen LogP contribution in [0.1, 0.15) is 11.3 Å². The van der Waals surface area contributed by atoms with Crippen LogP contribution in [0, 0.1) is 6.92 Å². The second-order valence-electron chi connectivity index (χ2n) is 3.66. The average molecular weight is 237 g/mol. The molecule has 0 unspecified atom stereocenters. The smallest absolute Gasteiger partial charge is 0.145 e. The molecule has 0 saturated heterocycles. The quantitative estimate of drug-likeness (QED) is 0.751. The molecule has 3 nitrogen and oxygen atoms in total. The summed E-state index contributed by atoms with van der Waals surface area (Å²) in [5.74, 6) is 0.224. The van der Waals surface area contributed by atoms with E-state index in [1.807, 2.05) is 19.1 Å². The Morgan fingerprint density at radius 1 is 1.31 bits per heavy atom. The Morgan fingerprint density at radius 3 is 2.44 bits per heavy atom. The fourth-order valence-corrected chi connectivity index (χ4v) is 1.85. The van der Waals surface area contributed by atoms with Gasteiger partial charge >= 0.3 is 0 Å². The summed E-state index contributed by atoms with van der Waals surface area (Å²) in [6.45, 7) is 2.21. The number of nitrogens with one attached hydrogen (secondary N) is 1. The van der Waals surface area contributed by atoms with E-state index in [0.29, 0.717) is 17.3 Å². The number of nitrogens with two attached hydrogens (primary N) is 1. The van der Waals surface area contributed by atoms with E-state index in [1.54, 1.807) is 12.1 Å². The van der Waals surface area contributed by atoms with Crippen molar-refractivity contribution in [2.45, 2.75) is 13.5 Å². The Bertz CT molecular complexity index is 502. The molecule has 0 aliphatic heterocycles. The van der Waals surface area contributed by atoms with Crippen LogP contribution < -0.4 is 5.73 Å². The van der Waals surface area contributed by atoms with Crippen molar-refractivity contribution in [3.05, 3.63) is 40.5 Å². The van der Waals surface area contributed by atoms with Gasteiger partial charge in [0.15, 0.2) is 0 Å². The predicted octanol–water partition coefficient (Wildman–Crippen LogP) is 2.81. The topological polar surface area (TPSA) is 62.0 Å². The van der Waals surface area contributed by atoms with Gasteiger partial charge in [-0.3, -0.25) is 0 Å². The number of aryl methyl sites for hydroxylation is 1. The van der Waals surface area contributed by atoms with Crippen LogP contribution in [0.25, 0.3) is 11.3 Å². The molecule has 0 radical (unpaired) electrons. The highest BCUT2D eigenvalue weighted by molar-refractivity contribution is 6.30. The molecule has 16 heavy (non-hydrogen) atoms. The maximum atomic E-state index is 9.99. The van der Waals surface area contributed by atoms with E-state index in [2.05, 4.69) is 4.98 Å². The highest BCUT2D eigenvalue weighted by Gasteiger charge is 2.13. The van der Waals surface area contributed by atoms with Gasteiger partial charge in [0, 0.05) is 28.4 Å². The van der Waals surface area contributed by atoms with Crippen LogP contribution >= 0.6 is 11.6 Å². The number of benzene rings is 1. The second-order valence-corrected chi connectivity index (χ2v) is 4.10. The van der Waals surface area contributed by atoms with Crippen LogP contribution in [0.15, 0.2) is 24.3 Å². The molecule has 2 aromatic rings.